The molecule has 14 heteroatoms. The first-order valence-corrected chi connectivity index (χ1v) is 16.0. The largest absolute Gasteiger partial charge is 0.411 e. The first kappa shape index (κ1) is 42.6. The fraction of sp³-hybridized carbons (Fsp3) is 0.871. The fourth-order valence-corrected chi connectivity index (χ4v) is 4.07. The molecule has 264 valence electrons. The van der Waals surface area contributed by atoms with Crippen LogP contribution in [-0.2, 0) is 28.5 Å². The molecule has 0 rings (SSSR count). The third-order valence-electron chi connectivity index (χ3n) is 7.77. The highest BCUT2D eigenvalue weighted by Gasteiger charge is 2.23. The molecule has 0 saturated heterocycles. The van der Waals surface area contributed by atoms with E-state index in [1.165, 1.54) is 0 Å². The predicted octanol–water partition coefficient (Wildman–Crippen LogP) is 2.31. The molecular formula is C31H62N6O8. The Morgan fingerprint density at radius 2 is 1.04 bits per heavy atom. The average molecular weight is 647 g/mol. The first-order valence-electron chi connectivity index (χ1n) is 16.0. The number of nitrogens with zero attached hydrogens (tertiary/aromatic N) is 2. The van der Waals surface area contributed by atoms with Crippen molar-refractivity contribution < 1.29 is 39.0 Å². The molecule has 2 amide bonds. The summed E-state index contributed by atoms with van der Waals surface area (Å²) in [6.07, 6.45) is 3.56. The van der Waals surface area contributed by atoms with Crippen molar-refractivity contribution in [3.8, 4) is 0 Å². The molecule has 6 N–H and O–H groups in total. The van der Waals surface area contributed by atoms with E-state index in [-0.39, 0.29) is 24.7 Å². The van der Waals surface area contributed by atoms with Crippen molar-refractivity contribution in [2.75, 3.05) is 79.5 Å². The van der Waals surface area contributed by atoms with E-state index in [4.69, 9.17) is 29.4 Å². The molecule has 0 unspecified atom stereocenters. The van der Waals surface area contributed by atoms with Gasteiger partial charge in [0.2, 0.25) is 11.8 Å². The summed E-state index contributed by atoms with van der Waals surface area (Å²) in [7, 11) is 1.63. The molecule has 0 aliphatic carbocycles. The van der Waals surface area contributed by atoms with E-state index >= 15 is 0 Å². The molecule has 0 radical (unpaired) electrons. The minimum atomic E-state index is -0.434. The normalized spacial score (nSPS) is 13.0. The Hall–Kier alpha value is -2.36. The highest BCUT2D eigenvalue weighted by atomic mass is 16.6. The maximum Gasteiger partial charge on any atom is 0.220 e. The monoisotopic (exact) mass is 646 g/mol. The van der Waals surface area contributed by atoms with Gasteiger partial charge in [0.05, 0.1) is 68.7 Å². The summed E-state index contributed by atoms with van der Waals surface area (Å²) in [5.74, 6) is 0.135. The van der Waals surface area contributed by atoms with Crippen LogP contribution in [0.15, 0.2) is 10.3 Å². The van der Waals surface area contributed by atoms with Crippen LogP contribution >= 0.6 is 0 Å². The standard InChI is InChI=1S/C31H62N6O8/c1-25(36-40)30(3,4)34-15-12-27(13-16-35-31(5,6)26(2)37-41)11-14-32-28(38)9-8-10-29(39)33-17-18-43-21-22-45-24-23-44-20-19-42-7/h27,34-35,40-41H,8-24H2,1-7H3,(H,32,38)(H,33,39)/b36-25-,37-26-. The minimum Gasteiger partial charge on any atom is -0.411 e. The fourth-order valence-electron chi connectivity index (χ4n) is 4.07. The summed E-state index contributed by atoms with van der Waals surface area (Å²) in [6, 6.07) is 0. The van der Waals surface area contributed by atoms with E-state index in [0.29, 0.717) is 83.1 Å². The number of ether oxygens (including phenoxy) is 4. The number of hydrogen-bond donors (Lipinski definition) is 6. The summed E-state index contributed by atoms with van der Waals surface area (Å²) in [4.78, 5) is 24.5. The zero-order chi connectivity index (χ0) is 34.0. The number of nitrogens with one attached hydrogen (secondary N) is 4. The Bertz CT molecular complexity index is 818. The van der Waals surface area contributed by atoms with Crippen LogP contribution in [0.1, 0.15) is 80.1 Å². The van der Waals surface area contributed by atoms with Crippen molar-refractivity contribution >= 4 is 23.2 Å². The van der Waals surface area contributed by atoms with E-state index in [1.807, 2.05) is 27.7 Å². The Morgan fingerprint density at radius 3 is 1.49 bits per heavy atom. The molecule has 0 bridgehead atoms. The second kappa shape index (κ2) is 25.8. The third kappa shape index (κ3) is 22.7. The summed E-state index contributed by atoms with van der Waals surface area (Å²) in [5.41, 5.74) is 0.342. The lowest BCUT2D eigenvalue weighted by Crippen LogP contribution is -2.47. The van der Waals surface area contributed by atoms with Crippen LogP contribution in [0.4, 0.5) is 0 Å². The van der Waals surface area contributed by atoms with Crippen molar-refractivity contribution in [2.24, 2.45) is 16.2 Å². The van der Waals surface area contributed by atoms with Gasteiger partial charge in [0.15, 0.2) is 0 Å². The van der Waals surface area contributed by atoms with Gasteiger partial charge in [-0.15, -0.1) is 0 Å². The molecule has 0 aromatic rings. The second-order valence-electron chi connectivity index (χ2n) is 12.1. The highest BCUT2D eigenvalue weighted by Crippen LogP contribution is 2.15. The van der Waals surface area contributed by atoms with E-state index < -0.39 is 11.1 Å². The lowest BCUT2D eigenvalue weighted by molar-refractivity contribution is -0.122. The molecule has 0 aliphatic heterocycles. The number of methoxy groups -OCH3 is 1. The second-order valence-corrected chi connectivity index (χ2v) is 12.1. The van der Waals surface area contributed by atoms with Gasteiger partial charge in [-0.25, -0.2) is 0 Å². The molecule has 0 saturated carbocycles. The van der Waals surface area contributed by atoms with E-state index in [1.54, 1.807) is 21.0 Å². The third-order valence-corrected chi connectivity index (χ3v) is 7.77. The highest BCUT2D eigenvalue weighted by molar-refractivity contribution is 5.90. The van der Waals surface area contributed by atoms with E-state index in [9.17, 15) is 9.59 Å². The summed E-state index contributed by atoms with van der Waals surface area (Å²) >= 11 is 0. The van der Waals surface area contributed by atoms with Gasteiger partial charge in [0.25, 0.3) is 0 Å². The molecule has 45 heavy (non-hydrogen) atoms. The average Bonchev–Trinajstić information content (AvgIpc) is 3.00. The zero-order valence-corrected chi connectivity index (χ0v) is 28.8. The van der Waals surface area contributed by atoms with Gasteiger partial charge in [-0.1, -0.05) is 10.3 Å². The minimum absolute atomic E-state index is 0.0722. The number of oxime groups is 2. The van der Waals surface area contributed by atoms with Crippen molar-refractivity contribution in [3.63, 3.8) is 0 Å². The maximum absolute atomic E-state index is 12.4. The Morgan fingerprint density at radius 1 is 0.644 bits per heavy atom. The van der Waals surface area contributed by atoms with Crippen LogP contribution in [0, 0.1) is 5.92 Å². The van der Waals surface area contributed by atoms with Crippen molar-refractivity contribution in [3.05, 3.63) is 0 Å². The molecule has 0 aliphatic rings. The van der Waals surface area contributed by atoms with Gasteiger partial charge in [-0.05, 0) is 86.2 Å². The molecular weight excluding hydrogens is 584 g/mol. The van der Waals surface area contributed by atoms with Crippen LogP contribution in [0.3, 0.4) is 0 Å². The van der Waals surface area contributed by atoms with Gasteiger partial charge in [0.1, 0.15) is 0 Å². The zero-order valence-electron chi connectivity index (χ0n) is 28.8. The van der Waals surface area contributed by atoms with Gasteiger partial charge in [0, 0.05) is 33.0 Å². The van der Waals surface area contributed by atoms with Crippen molar-refractivity contribution in [2.45, 2.75) is 91.1 Å². The molecule has 0 heterocycles. The van der Waals surface area contributed by atoms with Crippen molar-refractivity contribution in [1.82, 2.24) is 21.3 Å². The van der Waals surface area contributed by atoms with Crippen LogP contribution in [0.5, 0.6) is 0 Å². The molecule has 0 aromatic carbocycles. The lowest BCUT2D eigenvalue weighted by Gasteiger charge is -2.28. The molecule has 14 nitrogen and oxygen atoms in total. The maximum atomic E-state index is 12.4. The van der Waals surface area contributed by atoms with Gasteiger partial charge < -0.3 is 50.6 Å². The topological polar surface area (TPSA) is 184 Å². The summed E-state index contributed by atoms with van der Waals surface area (Å²) in [6.45, 7) is 17.2. The number of carbonyl (C=O) groups is 2. The summed E-state index contributed by atoms with van der Waals surface area (Å²) < 4.78 is 21.0. The van der Waals surface area contributed by atoms with Crippen molar-refractivity contribution in [1.29, 1.82) is 0 Å². The Kier molecular flexibility index (Phi) is 24.4. The predicted molar refractivity (Wildman–Crippen MR) is 175 cm³/mol. The number of hydrogen-bond acceptors (Lipinski definition) is 12. The number of carbonyl (C=O) groups excluding carboxylic acids is 2. The summed E-state index contributed by atoms with van der Waals surface area (Å²) in [5, 5.41) is 37.6. The van der Waals surface area contributed by atoms with Gasteiger partial charge in [-0.2, -0.15) is 0 Å². The first-order chi connectivity index (χ1) is 21.4. The molecule has 0 atom stereocenters. The van der Waals surface area contributed by atoms with Gasteiger partial charge in [-0.3, -0.25) is 9.59 Å². The SMILES string of the molecule is COCCOCCOCCOCCNC(=O)CCCC(=O)NCCC(CCNC(C)(C)/C(C)=N\O)CCNC(C)(C)/C(C)=N\O. The number of amides is 2. The van der Waals surface area contributed by atoms with Crippen LogP contribution in [0.25, 0.3) is 0 Å². The lowest BCUT2D eigenvalue weighted by atomic mass is 9.94. The molecule has 0 fully saturated rings. The quantitative estimate of drug-likeness (QED) is 0.0305. The smallest absolute Gasteiger partial charge is 0.220 e. The van der Waals surface area contributed by atoms with E-state index in [2.05, 4.69) is 31.6 Å². The van der Waals surface area contributed by atoms with Crippen LogP contribution in [0.2, 0.25) is 0 Å². The molecule has 0 aromatic heterocycles. The number of rotatable bonds is 29. The molecule has 0 spiro atoms. The Balaban J connectivity index is 4.27. The van der Waals surface area contributed by atoms with E-state index in [0.717, 1.165) is 32.4 Å². The van der Waals surface area contributed by atoms with Crippen LogP contribution < -0.4 is 21.3 Å². The van der Waals surface area contributed by atoms with Crippen LogP contribution in [-0.4, -0.2) is 124 Å². The van der Waals surface area contributed by atoms with Gasteiger partial charge >= 0.3 is 0 Å². The Labute approximate surface area is 270 Å².